The van der Waals surface area contributed by atoms with Crippen LogP contribution in [0.2, 0.25) is 0 Å². The molecular formula is C19H25ClN4O. The van der Waals surface area contributed by atoms with Crippen molar-refractivity contribution in [2.45, 2.75) is 37.1 Å². The van der Waals surface area contributed by atoms with E-state index in [-0.39, 0.29) is 23.7 Å². The molecule has 1 atom stereocenters. The van der Waals surface area contributed by atoms with Crippen LogP contribution in [0.25, 0.3) is 0 Å². The molecule has 0 bridgehead atoms. The van der Waals surface area contributed by atoms with Gasteiger partial charge < -0.3 is 10.6 Å². The molecule has 25 heavy (non-hydrogen) atoms. The number of hydrogen-bond donors (Lipinski definition) is 2. The number of rotatable bonds is 5. The van der Waals surface area contributed by atoms with Gasteiger partial charge in [0.1, 0.15) is 5.69 Å². The minimum Gasteiger partial charge on any atom is -0.350 e. The summed E-state index contributed by atoms with van der Waals surface area (Å²) in [6, 6.07) is 12.7. The second-order valence-electron chi connectivity index (χ2n) is 7.01. The molecule has 134 valence electrons. The molecule has 2 heterocycles. The summed E-state index contributed by atoms with van der Waals surface area (Å²) in [4.78, 5) is 12.4. The van der Waals surface area contributed by atoms with Crippen molar-refractivity contribution in [2.75, 3.05) is 19.6 Å². The van der Waals surface area contributed by atoms with E-state index in [0.717, 1.165) is 38.8 Å². The van der Waals surface area contributed by atoms with Crippen LogP contribution in [0, 0.1) is 0 Å². The van der Waals surface area contributed by atoms with E-state index in [4.69, 9.17) is 0 Å². The molecule has 1 saturated heterocycles. The highest BCUT2D eigenvalue weighted by atomic mass is 35.5. The van der Waals surface area contributed by atoms with Crippen LogP contribution >= 0.6 is 12.4 Å². The number of amides is 1. The van der Waals surface area contributed by atoms with Gasteiger partial charge in [-0.1, -0.05) is 30.3 Å². The van der Waals surface area contributed by atoms with Gasteiger partial charge in [-0.2, -0.15) is 5.10 Å². The quantitative estimate of drug-likeness (QED) is 0.861. The number of nitrogens with zero attached hydrogens (tertiary/aromatic N) is 2. The molecule has 1 unspecified atom stereocenters. The first-order chi connectivity index (χ1) is 11.8. The highest BCUT2D eigenvalue weighted by Gasteiger charge is 2.44. The summed E-state index contributed by atoms with van der Waals surface area (Å²) >= 11 is 0. The van der Waals surface area contributed by atoms with Crippen LogP contribution in [-0.4, -0.2) is 35.3 Å². The molecule has 1 aromatic heterocycles. The summed E-state index contributed by atoms with van der Waals surface area (Å²) < 4.78 is 1.94. The minimum atomic E-state index is -0.0697. The zero-order valence-corrected chi connectivity index (χ0v) is 15.1. The number of carbonyl (C=O) groups is 1. The Bertz CT molecular complexity index is 705. The predicted octanol–water partition coefficient (Wildman–Crippen LogP) is 2.69. The van der Waals surface area contributed by atoms with Crippen LogP contribution in [-0.2, 0) is 5.41 Å². The number of halogens is 1. The van der Waals surface area contributed by atoms with Crippen LogP contribution in [0.3, 0.4) is 0 Å². The van der Waals surface area contributed by atoms with Crippen molar-refractivity contribution in [3.63, 3.8) is 0 Å². The van der Waals surface area contributed by atoms with E-state index in [1.54, 1.807) is 0 Å². The fourth-order valence-corrected chi connectivity index (χ4v) is 3.57. The third-order valence-electron chi connectivity index (χ3n) is 5.31. The number of nitrogens with one attached hydrogen (secondary N) is 2. The van der Waals surface area contributed by atoms with E-state index in [1.165, 1.54) is 5.56 Å². The van der Waals surface area contributed by atoms with Gasteiger partial charge in [-0.05, 0) is 43.9 Å². The topological polar surface area (TPSA) is 59.0 Å². The van der Waals surface area contributed by atoms with E-state index < -0.39 is 0 Å². The van der Waals surface area contributed by atoms with Gasteiger partial charge in [0.25, 0.3) is 5.91 Å². The Kier molecular flexibility index (Phi) is 5.45. The third-order valence-corrected chi connectivity index (χ3v) is 5.31. The molecule has 1 amide bonds. The maximum atomic E-state index is 12.4. The minimum absolute atomic E-state index is 0. The molecule has 1 aromatic carbocycles. The molecule has 2 fully saturated rings. The predicted molar refractivity (Wildman–Crippen MR) is 100 cm³/mol. The number of benzene rings is 1. The number of piperidine rings is 1. The van der Waals surface area contributed by atoms with Crippen molar-refractivity contribution in [3.8, 4) is 0 Å². The zero-order valence-electron chi connectivity index (χ0n) is 14.3. The SMILES string of the molecule is Cl.O=C(NCC1(c2ccccc2)CC1)c1ccn(C2CCCNC2)n1. The van der Waals surface area contributed by atoms with E-state index in [2.05, 4.69) is 40.0 Å². The van der Waals surface area contributed by atoms with Crippen molar-refractivity contribution < 1.29 is 4.79 Å². The molecule has 0 radical (unpaired) electrons. The summed E-state index contributed by atoms with van der Waals surface area (Å²) in [6.45, 7) is 2.69. The lowest BCUT2D eigenvalue weighted by Crippen LogP contribution is -2.33. The normalized spacial score (nSPS) is 21.2. The Hall–Kier alpha value is -1.85. The lowest BCUT2D eigenvalue weighted by Gasteiger charge is -2.22. The fourth-order valence-electron chi connectivity index (χ4n) is 3.57. The first kappa shape index (κ1) is 18.0. The third kappa shape index (κ3) is 3.88. The average molecular weight is 361 g/mol. The van der Waals surface area contributed by atoms with Crippen LogP contribution in [0.15, 0.2) is 42.6 Å². The Morgan fingerprint density at radius 2 is 2.08 bits per heavy atom. The molecule has 2 N–H and O–H groups in total. The first-order valence-electron chi connectivity index (χ1n) is 8.86. The van der Waals surface area contributed by atoms with Gasteiger partial charge in [0.15, 0.2) is 0 Å². The van der Waals surface area contributed by atoms with Crippen LogP contribution in [0.4, 0.5) is 0 Å². The van der Waals surface area contributed by atoms with Crippen LogP contribution in [0.5, 0.6) is 0 Å². The smallest absolute Gasteiger partial charge is 0.271 e. The first-order valence-corrected chi connectivity index (χ1v) is 8.86. The van der Waals surface area contributed by atoms with Crippen LogP contribution in [0.1, 0.15) is 47.8 Å². The Balaban J connectivity index is 0.00000182. The van der Waals surface area contributed by atoms with Crippen molar-refractivity contribution in [3.05, 3.63) is 53.9 Å². The summed E-state index contributed by atoms with van der Waals surface area (Å²) in [6.07, 6.45) is 6.48. The summed E-state index contributed by atoms with van der Waals surface area (Å²) in [5.74, 6) is -0.0697. The largest absolute Gasteiger partial charge is 0.350 e. The molecule has 1 saturated carbocycles. The Morgan fingerprint density at radius 3 is 2.76 bits per heavy atom. The molecule has 2 aromatic rings. The van der Waals surface area contributed by atoms with Crippen molar-refractivity contribution in [2.24, 2.45) is 0 Å². The lowest BCUT2D eigenvalue weighted by molar-refractivity contribution is 0.0943. The van der Waals surface area contributed by atoms with Crippen molar-refractivity contribution in [1.29, 1.82) is 0 Å². The standard InChI is InChI=1S/C19H24N4O.ClH/c24-18(17-8-12-23(22-17)16-7-4-11-20-13-16)21-14-19(9-10-19)15-5-2-1-3-6-15;/h1-3,5-6,8,12,16,20H,4,7,9-11,13-14H2,(H,21,24);1H. The van der Waals surface area contributed by atoms with E-state index in [9.17, 15) is 4.79 Å². The number of aromatic nitrogens is 2. The fraction of sp³-hybridized carbons (Fsp3) is 0.474. The van der Waals surface area contributed by atoms with Crippen molar-refractivity contribution in [1.82, 2.24) is 20.4 Å². The van der Waals surface area contributed by atoms with Gasteiger partial charge in [-0.15, -0.1) is 12.4 Å². The van der Waals surface area contributed by atoms with Crippen LogP contribution < -0.4 is 10.6 Å². The van der Waals surface area contributed by atoms with E-state index >= 15 is 0 Å². The van der Waals surface area contributed by atoms with Gasteiger partial charge in [0.2, 0.25) is 0 Å². The molecular weight excluding hydrogens is 336 g/mol. The maximum Gasteiger partial charge on any atom is 0.271 e. The number of hydrogen-bond acceptors (Lipinski definition) is 3. The maximum absolute atomic E-state index is 12.4. The van der Waals surface area contributed by atoms with Gasteiger partial charge in [-0.25, -0.2) is 0 Å². The second-order valence-corrected chi connectivity index (χ2v) is 7.01. The molecule has 5 nitrogen and oxygen atoms in total. The molecule has 0 spiro atoms. The summed E-state index contributed by atoms with van der Waals surface area (Å²) in [7, 11) is 0. The lowest BCUT2D eigenvalue weighted by atomic mass is 9.96. The van der Waals surface area contributed by atoms with Gasteiger partial charge >= 0.3 is 0 Å². The Labute approximate surface area is 154 Å². The average Bonchev–Trinajstić information content (AvgIpc) is 3.28. The van der Waals surface area contributed by atoms with E-state index in [0.29, 0.717) is 18.3 Å². The molecule has 2 aliphatic rings. The number of carbonyl (C=O) groups excluding carboxylic acids is 1. The second kappa shape index (κ2) is 7.58. The summed E-state index contributed by atoms with van der Waals surface area (Å²) in [5.41, 5.74) is 1.97. The van der Waals surface area contributed by atoms with Gasteiger partial charge in [0.05, 0.1) is 6.04 Å². The van der Waals surface area contributed by atoms with Crippen molar-refractivity contribution >= 4 is 18.3 Å². The molecule has 1 aliphatic heterocycles. The molecule has 4 rings (SSSR count). The van der Waals surface area contributed by atoms with Gasteiger partial charge in [0, 0.05) is 24.7 Å². The summed E-state index contributed by atoms with van der Waals surface area (Å²) in [5, 5.41) is 11.0. The monoisotopic (exact) mass is 360 g/mol. The molecule has 6 heteroatoms. The highest BCUT2D eigenvalue weighted by Crippen LogP contribution is 2.47. The zero-order chi connectivity index (χ0) is 16.4. The van der Waals surface area contributed by atoms with Gasteiger partial charge in [-0.3, -0.25) is 9.48 Å². The molecule has 1 aliphatic carbocycles. The highest BCUT2D eigenvalue weighted by molar-refractivity contribution is 5.92. The van der Waals surface area contributed by atoms with E-state index in [1.807, 2.05) is 23.0 Å². The Morgan fingerprint density at radius 1 is 1.28 bits per heavy atom.